The van der Waals surface area contributed by atoms with E-state index in [9.17, 15) is 14.7 Å². The molecule has 2 atom stereocenters. The first-order chi connectivity index (χ1) is 14.1. The van der Waals surface area contributed by atoms with Gasteiger partial charge in [0, 0.05) is 12.0 Å². The summed E-state index contributed by atoms with van der Waals surface area (Å²) < 4.78 is 11.1. The van der Waals surface area contributed by atoms with Crippen LogP contribution in [0.5, 0.6) is 0 Å². The number of carboxylic acid groups (broad SMARTS) is 1. The highest BCUT2D eigenvalue weighted by molar-refractivity contribution is 5.88. The fourth-order valence-corrected chi connectivity index (χ4v) is 2.86. The summed E-state index contributed by atoms with van der Waals surface area (Å²) in [6.07, 6.45) is 1.24. The van der Waals surface area contributed by atoms with Crippen molar-refractivity contribution >= 4 is 17.6 Å². The van der Waals surface area contributed by atoms with Crippen molar-refractivity contribution in [2.45, 2.75) is 25.2 Å². The highest BCUT2D eigenvalue weighted by atomic mass is 16.5. The highest BCUT2D eigenvalue weighted by Crippen LogP contribution is 2.27. The summed E-state index contributed by atoms with van der Waals surface area (Å²) in [4.78, 5) is 23.9. The van der Waals surface area contributed by atoms with Gasteiger partial charge in [-0.2, -0.15) is 5.26 Å². The van der Waals surface area contributed by atoms with Crippen molar-refractivity contribution in [2.24, 2.45) is 0 Å². The Morgan fingerprint density at radius 1 is 1.24 bits per heavy atom. The van der Waals surface area contributed by atoms with Crippen LogP contribution in [-0.4, -0.2) is 35.7 Å². The second-order valence-electron chi connectivity index (χ2n) is 6.50. The van der Waals surface area contributed by atoms with E-state index in [1.807, 2.05) is 30.3 Å². The largest absolute Gasteiger partial charge is 0.480 e. The maximum absolute atomic E-state index is 12.5. The summed E-state index contributed by atoms with van der Waals surface area (Å²) in [7, 11) is 0. The number of nitrogens with zero attached hydrogens (tertiary/aromatic N) is 1. The van der Waals surface area contributed by atoms with Crippen LogP contribution in [-0.2, 0) is 25.7 Å². The van der Waals surface area contributed by atoms with Gasteiger partial charge in [0.1, 0.15) is 5.76 Å². The Morgan fingerprint density at radius 3 is 2.76 bits per heavy atom. The Hall–Kier alpha value is -3.63. The molecule has 7 heteroatoms. The smallest absolute Gasteiger partial charge is 0.328 e. The molecule has 1 heterocycles. The van der Waals surface area contributed by atoms with E-state index in [0.717, 1.165) is 5.56 Å². The fraction of sp³-hybridized carbons (Fsp3) is 0.227. The third kappa shape index (κ3) is 5.43. The van der Waals surface area contributed by atoms with E-state index >= 15 is 0 Å². The average Bonchev–Trinajstić information content (AvgIpc) is 3.24. The zero-order valence-electron chi connectivity index (χ0n) is 15.6. The number of nitrogens with one attached hydrogen (secondary N) is 1. The third-order valence-corrected chi connectivity index (χ3v) is 4.37. The van der Waals surface area contributed by atoms with Crippen molar-refractivity contribution in [3.05, 3.63) is 77.4 Å². The van der Waals surface area contributed by atoms with Crippen molar-refractivity contribution < 1.29 is 24.2 Å². The third-order valence-electron chi connectivity index (χ3n) is 4.37. The second kappa shape index (κ2) is 9.53. The normalized spacial score (nSPS) is 16.2. The van der Waals surface area contributed by atoms with Gasteiger partial charge in [0.2, 0.25) is 0 Å². The summed E-state index contributed by atoms with van der Waals surface area (Å²) in [5.74, 6) is -1.21. The van der Waals surface area contributed by atoms with E-state index in [-0.39, 0.29) is 13.2 Å². The summed E-state index contributed by atoms with van der Waals surface area (Å²) in [5, 5.41) is 20.8. The van der Waals surface area contributed by atoms with Crippen LogP contribution in [0.4, 0.5) is 0 Å². The standard InChI is InChI=1S/C22H20N2O5/c23-12-16-7-4-8-17(11-16)19-9-10-20(29-19)21(25)24-18(22(26)27)14-28-13-15-5-2-1-3-6-15/h1-9,11,18,20H,10,13-14H2,(H,24,25)(H,26,27)/t18-,20?/m0/s1. The van der Waals surface area contributed by atoms with E-state index in [2.05, 4.69) is 11.4 Å². The molecule has 1 unspecified atom stereocenters. The van der Waals surface area contributed by atoms with E-state index in [1.54, 1.807) is 30.3 Å². The predicted octanol–water partition coefficient (Wildman–Crippen LogP) is 2.47. The van der Waals surface area contributed by atoms with Crippen LogP contribution in [0.3, 0.4) is 0 Å². The highest BCUT2D eigenvalue weighted by Gasteiger charge is 2.30. The van der Waals surface area contributed by atoms with E-state index in [1.165, 1.54) is 0 Å². The van der Waals surface area contributed by atoms with Crippen molar-refractivity contribution in [1.29, 1.82) is 5.26 Å². The minimum Gasteiger partial charge on any atom is -0.480 e. The molecule has 148 valence electrons. The monoisotopic (exact) mass is 392 g/mol. The molecule has 3 rings (SSSR count). The summed E-state index contributed by atoms with van der Waals surface area (Å²) in [6.45, 7) is 0.0918. The Bertz CT molecular complexity index is 949. The number of hydrogen-bond acceptors (Lipinski definition) is 5. The molecule has 1 amide bonds. The van der Waals surface area contributed by atoms with Crippen molar-refractivity contribution in [2.75, 3.05) is 6.61 Å². The quantitative estimate of drug-likeness (QED) is 0.714. The Kier molecular flexibility index (Phi) is 6.61. The number of amides is 1. The van der Waals surface area contributed by atoms with E-state index in [4.69, 9.17) is 14.7 Å². The SMILES string of the molecule is N#Cc1cccc(C2=CCC(C(=O)N[C@@H](COCc3ccccc3)C(=O)O)O2)c1. The number of aliphatic carboxylic acids is 1. The molecule has 2 N–H and O–H groups in total. The Balaban J connectivity index is 1.52. The van der Waals surface area contributed by atoms with Crippen LogP contribution in [0.2, 0.25) is 0 Å². The van der Waals surface area contributed by atoms with Crippen LogP contribution in [0.1, 0.15) is 23.1 Å². The molecule has 29 heavy (non-hydrogen) atoms. The molecule has 0 fully saturated rings. The van der Waals surface area contributed by atoms with E-state index < -0.39 is 24.0 Å². The van der Waals surface area contributed by atoms with Crippen LogP contribution in [0, 0.1) is 11.3 Å². The lowest BCUT2D eigenvalue weighted by atomic mass is 10.1. The first-order valence-corrected chi connectivity index (χ1v) is 9.09. The van der Waals surface area contributed by atoms with Crippen molar-refractivity contribution in [1.82, 2.24) is 5.32 Å². The first-order valence-electron chi connectivity index (χ1n) is 9.09. The molecular weight excluding hydrogens is 372 g/mol. The lowest BCUT2D eigenvalue weighted by Crippen LogP contribution is -2.47. The Labute approximate surface area is 168 Å². The zero-order valence-corrected chi connectivity index (χ0v) is 15.6. The maximum Gasteiger partial charge on any atom is 0.328 e. The van der Waals surface area contributed by atoms with Gasteiger partial charge < -0.3 is 19.9 Å². The fourth-order valence-electron chi connectivity index (χ4n) is 2.86. The summed E-state index contributed by atoms with van der Waals surface area (Å²) in [5.41, 5.74) is 2.09. The van der Waals surface area contributed by atoms with Gasteiger partial charge in [0.05, 0.1) is 24.8 Å². The molecule has 0 aliphatic carbocycles. The lowest BCUT2D eigenvalue weighted by Gasteiger charge is -2.18. The van der Waals surface area contributed by atoms with Gasteiger partial charge in [-0.25, -0.2) is 4.79 Å². The van der Waals surface area contributed by atoms with Crippen molar-refractivity contribution in [3.63, 3.8) is 0 Å². The second-order valence-corrected chi connectivity index (χ2v) is 6.50. The van der Waals surface area contributed by atoms with Gasteiger partial charge >= 0.3 is 5.97 Å². The van der Waals surface area contributed by atoms with Crippen LogP contribution >= 0.6 is 0 Å². The molecule has 0 bridgehead atoms. The van der Waals surface area contributed by atoms with Crippen molar-refractivity contribution in [3.8, 4) is 6.07 Å². The number of carboxylic acids is 1. The lowest BCUT2D eigenvalue weighted by molar-refractivity contribution is -0.145. The molecule has 0 spiro atoms. The molecule has 1 aliphatic heterocycles. The van der Waals surface area contributed by atoms with Gasteiger partial charge in [0.15, 0.2) is 12.1 Å². The van der Waals surface area contributed by atoms with Gasteiger partial charge in [0.25, 0.3) is 5.91 Å². The molecule has 0 aromatic heterocycles. The number of hydrogen-bond donors (Lipinski definition) is 2. The number of nitriles is 1. The molecule has 0 saturated heterocycles. The number of benzene rings is 2. The van der Waals surface area contributed by atoms with Gasteiger partial charge in [-0.3, -0.25) is 4.79 Å². The van der Waals surface area contributed by atoms with Gasteiger partial charge in [-0.1, -0.05) is 42.5 Å². The average molecular weight is 392 g/mol. The predicted molar refractivity (Wildman–Crippen MR) is 104 cm³/mol. The molecule has 7 nitrogen and oxygen atoms in total. The van der Waals surface area contributed by atoms with Gasteiger partial charge in [-0.15, -0.1) is 0 Å². The molecular formula is C22H20N2O5. The molecule has 2 aromatic rings. The van der Waals surface area contributed by atoms with Crippen LogP contribution < -0.4 is 5.32 Å². The number of carbonyl (C=O) groups excluding carboxylic acids is 1. The number of ether oxygens (including phenoxy) is 2. The first kappa shape index (κ1) is 20.1. The van der Waals surface area contributed by atoms with Crippen LogP contribution in [0.25, 0.3) is 5.76 Å². The number of rotatable bonds is 8. The topological polar surface area (TPSA) is 109 Å². The zero-order chi connectivity index (χ0) is 20.6. The minimum absolute atomic E-state index is 0.160. The maximum atomic E-state index is 12.5. The summed E-state index contributed by atoms with van der Waals surface area (Å²) >= 11 is 0. The van der Waals surface area contributed by atoms with E-state index in [0.29, 0.717) is 23.3 Å². The molecule has 0 radical (unpaired) electrons. The number of carbonyl (C=O) groups is 2. The van der Waals surface area contributed by atoms with Crippen LogP contribution in [0.15, 0.2) is 60.7 Å². The van der Waals surface area contributed by atoms with Gasteiger partial charge in [-0.05, 0) is 23.8 Å². The summed E-state index contributed by atoms with van der Waals surface area (Å²) in [6, 6.07) is 17.1. The molecule has 1 aliphatic rings. The Morgan fingerprint density at radius 2 is 2.03 bits per heavy atom. The molecule has 2 aromatic carbocycles. The minimum atomic E-state index is -1.18. The molecule has 0 saturated carbocycles.